The van der Waals surface area contributed by atoms with Crippen LogP contribution >= 0.6 is 11.6 Å². The summed E-state index contributed by atoms with van der Waals surface area (Å²) in [4.78, 5) is 31.7. The minimum atomic E-state index is -0.766. The topological polar surface area (TPSA) is 93.9 Å². The number of aliphatic hydroxyl groups is 1. The van der Waals surface area contributed by atoms with E-state index in [1.165, 1.54) is 4.90 Å². The van der Waals surface area contributed by atoms with Gasteiger partial charge in [0.1, 0.15) is 5.76 Å². The number of aryl methyl sites for hydroxylation is 1. The number of benzene rings is 2. The van der Waals surface area contributed by atoms with Gasteiger partial charge in [0, 0.05) is 36.1 Å². The lowest BCUT2D eigenvalue weighted by Gasteiger charge is -2.25. The molecule has 2 aliphatic rings. The molecule has 0 bridgehead atoms. The number of nitrogens with zero attached hydrogens (tertiary/aromatic N) is 3. The van der Waals surface area contributed by atoms with Crippen molar-refractivity contribution in [3.05, 3.63) is 82.9 Å². The summed E-state index contributed by atoms with van der Waals surface area (Å²) >= 11 is 5.97. The molecule has 168 valence electrons. The van der Waals surface area contributed by atoms with E-state index in [9.17, 15) is 14.7 Å². The summed E-state index contributed by atoms with van der Waals surface area (Å²) in [6.07, 6.45) is 5.82. The SMILES string of the molecule is O=C1C(=O)N(CCCn2ccnc2)C(c2ccc3c(c2)OCO3)C1=C(O)c1ccc(Cl)cc1. The van der Waals surface area contributed by atoms with Crippen molar-refractivity contribution >= 4 is 29.1 Å². The minimum absolute atomic E-state index is 0.0313. The van der Waals surface area contributed by atoms with Crippen molar-refractivity contribution in [1.29, 1.82) is 0 Å². The number of imidazole rings is 1. The lowest BCUT2D eigenvalue weighted by molar-refractivity contribution is -0.139. The number of ketones is 1. The van der Waals surface area contributed by atoms with E-state index in [2.05, 4.69) is 4.98 Å². The summed E-state index contributed by atoms with van der Waals surface area (Å²) < 4.78 is 12.8. The Morgan fingerprint density at radius 2 is 1.88 bits per heavy atom. The number of halogens is 1. The quantitative estimate of drug-likeness (QED) is 0.338. The average Bonchev–Trinajstić information content (AvgIpc) is 3.55. The second-order valence-corrected chi connectivity index (χ2v) is 8.20. The highest BCUT2D eigenvalue weighted by Crippen LogP contribution is 2.43. The van der Waals surface area contributed by atoms with Crippen LogP contribution in [0.3, 0.4) is 0 Å². The van der Waals surface area contributed by atoms with E-state index in [-0.39, 0.29) is 18.1 Å². The smallest absolute Gasteiger partial charge is 0.295 e. The molecule has 1 saturated heterocycles. The van der Waals surface area contributed by atoms with Crippen LogP contribution in [0.2, 0.25) is 5.02 Å². The molecule has 9 heteroatoms. The maximum atomic E-state index is 13.1. The first-order valence-electron chi connectivity index (χ1n) is 10.4. The molecule has 1 N–H and O–H groups in total. The van der Waals surface area contributed by atoms with Crippen molar-refractivity contribution in [1.82, 2.24) is 14.5 Å². The van der Waals surface area contributed by atoms with Crippen molar-refractivity contribution < 1.29 is 24.2 Å². The van der Waals surface area contributed by atoms with Gasteiger partial charge < -0.3 is 24.0 Å². The monoisotopic (exact) mass is 465 g/mol. The van der Waals surface area contributed by atoms with Crippen molar-refractivity contribution in [2.45, 2.75) is 19.0 Å². The highest BCUT2D eigenvalue weighted by Gasteiger charge is 2.46. The van der Waals surface area contributed by atoms with Crippen molar-refractivity contribution in [2.75, 3.05) is 13.3 Å². The first-order chi connectivity index (χ1) is 16.0. The Bertz CT molecular complexity index is 1240. The molecule has 1 aromatic heterocycles. The van der Waals surface area contributed by atoms with Gasteiger partial charge >= 0.3 is 0 Å². The molecule has 33 heavy (non-hydrogen) atoms. The Morgan fingerprint density at radius 1 is 1.09 bits per heavy atom. The van der Waals surface area contributed by atoms with Crippen molar-refractivity contribution in [3.63, 3.8) is 0 Å². The predicted molar refractivity (Wildman–Crippen MR) is 120 cm³/mol. The second-order valence-electron chi connectivity index (χ2n) is 7.77. The number of rotatable bonds is 6. The van der Waals surface area contributed by atoms with Gasteiger partial charge in [-0.05, 0) is 48.4 Å². The highest BCUT2D eigenvalue weighted by atomic mass is 35.5. The first kappa shape index (κ1) is 21.1. The zero-order valence-electron chi connectivity index (χ0n) is 17.5. The zero-order chi connectivity index (χ0) is 22.9. The van der Waals surface area contributed by atoms with Crippen LogP contribution < -0.4 is 9.47 Å². The number of ether oxygens (including phenoxy) is 2. The van der Waals surface area contributed by atoms with E-state index in [4.69, 9.17) is 21.1 Å². The minimum Gasteiger partial charge on any atom is -0.507 e. The first-order valence-corrected chi connectivity index (χ1v) is 10.8. The van der Waals surface area contributed by atoms with E-state index in [0.717, 1.165) is 0 Å². The summed E-state index contributed by atoms with van der Waals surface area (Å²) in [5.41, 5.74) is 1.09. The summed E-state index contributed by atoms with van der Waals surface area (Å²) in [5, 5.41) is 11.6. The molecule has 1 fully saturated rings. The molecule has 8 nitrogen and oxygen atoms in total. The predicted octanol–water partition coefficient (Wildman–Crippen LogP) is 3.78. The molecule has 1 amide bonds. The molecule has 3 aromatic rings. The fraction of sp³-hybridized carbons (Fsp3) is 0.208. The van der Waals surface area contributed by atoms with E-state index >= 15 is 0 Å². The van der Waals surface area contributed by atoms with Crippen LogP contribution in [0.25, 0.3) is 5.76 Å². The van der Waals surface area contributed by atoms with E-state index in [1.54, 1.807) is 55.0 Å². The Labute approximate surface area is 194 Å². The number of aromatic nitrogens is 2. The largest absolute Gasteiger partial charge is 0.507 e. The average molecular weight is 466 g/mol. The molecular weight excluding hydrogens is 446 g/mol. The fourth-order valence-corrected chi connectivity index (χ4v) is 4.27. The van der Waals surface area contributed by atoms with Crippen LogP contribution in [-0.2, 0) is 16.1 Å². The molecule has 0 spiro atoms. The Balaban J connectivity index is 1.54. The van der Waals surface area contributed by atoms with E-state index < -0.39 is 17.7 Å². The van der Waals surface area contributed by atoms with Gasteiger partial charge in [-0.15, -0.1) is 0 Å². The number of carbonyl (C=O) groups excluding carboxylic acids is 2. The number of Topliss-reactive ketones (excluding diaryl/α,β-unsaturated/α-hetero) is 1. The second kappa shape index (κ2) is 8.63. The third-order valence-corrected chi connectivity index (χ3v) is 6.00. The van der Waals surface area contributed by atoms with Crippen LogP contribution in [0.1, 0.15) is 23.6 Å². The standard InChI is InChI=1S/C24H20ClN3O5/c25-17-5-2-15(3-6-17)22(29)20-21(16-4-7-18-19(12-16)33-14-32-18)28(24(31)23(20)30)10-1-9-27-11-8-26-13-27/h2-8,11-13,21,29H,1,9-10,14H2. The Hall–Kier alpha value is -3.78. The summed E-state index contributed by atoms with van der Waals surface area (Å²) in [6, 6.07) is 11.0. The maximum Gasteiger partial charge on any atom is 0.295 e. The van der Waals surface area contributed by atoms with Crippen molar-refractivity contribution in [3.8, 4) is 11.5 Å². The van der Waals surface area contributed by atoms with Gasteiger partial charge in [-0.1, -0.05) is 17.7 Å². The molecular formula is C24H20ClN3O5. The molecule has 1 atom stereocenters. The summed E-state index contributed by atoms with van der Waals surface area (Å²) in [5.74, 6) is -0.507. The van der Waals surface area contributed by atoms with Gasteiger partial charge in [-0.25, -0.2) is 4.98 Å². The normalized spacial score (nSPS) is 18.8. The number of likely N-dealkylation sites (tertiary alicyclic amines) is 1. The molecule has 1 unspecified atom stereocenters. The van der Waals surface area contributed by atoms with Crippen LogP contribution in [0.5, 0.6) is 11.5 Å². The van der Waals surface area contributed by atoms with Gasteiger partial charge in [0.2, 0.25) is 6.79 Å². The molecule has 5 rings (SSSR count). The number of hydrogen-bond donors (Lipinski definition) is 1. The number of hydrogen-bond acceptors (Lipinski definition) is 6. The van der Waals surface area contributed by atoms with E-state index in [1.807, 2.05) is 10.8 Å². The van der Waals surface area contributed by atoms with Crippen LogP contribution in [0, 0.1) is 0 Å². The van der Waals surface area contributed by atoms with Gasteiger partial charge in [0.25, 0.3) is 11.7 Å². The van der Waals surface area contributed by atoms with Crippen LogP contribution in [-0.4, -0.2) is 44.6 Å². The maximum absolute atomic E-state index is 13.1. The van der Waals surface area contributed by atoms with Crippen molar-refractivity contribution in [2.24, 2.45) is 0 Å². The summed E-state index contributed by atoms with van der Waals surface area (Å²) in [7, 11) is 0. The number of amides is 1. The Kier molecular flexibility index (Phi) is 5.51. The highest BCUT2D eigenvalue weighted by molar-refractivity contribution is 6.46. The van der Waals surface area contributed by atoms with Gasteiger partial charge in [0.05, 0.1) is 17.9 Å². The number of fused-ring (bicyclic) bond motifs is 1. The third kappa shape index (κ3) is 3.93. The Morgan fingerprint density at radius 3 is 2.64 bits per heavy atom. The lowest BCUT2D eigenvalue weighted by Crippen LogP contribution is -2.31. The third-order valence-electron chi connectivity index (χ3n) is 5.74. The van der Waals surface area contributed by atoms with E-state index in [0.29, 0.717) is 47.2 Å². The van der Waals surface area contributed by atoms with Gasteiger partial charge in [0.15, 0.2) is 11.5 Å². The molecule has 2 aromatic carbocycles. The fourth-order valence-electron chi connectivity index (χ4n) is 4.15. The molecule has 3 heterocycles. The molecule has 0 radical (unpaired) electrons. The van der Waals surface area contributed by atoms with Crippen LogP contribution in [0.4, 0.5) is 0 Å². The molecule has 2 aliphatic heterocycles. The lowest BCUT2D eigenvalue weighted by atomic mass is 9.95. The van der Waals surface area contributed by atoms with Crippen LogP contribution in [0.15, 0.2) is 66.8 Å². The molecule has 0 aliphatic carbocycles. The number of carbonyl (C=O) groups is 2. The zero-order valence-corrected chi connectivity index (χ0v) is 18.2. The molecule has 0 saturated carbocycles. The van der Waals surface area contributed by atoms with Gasteiger partial charge in [-0.2, -0.15) is 0 Å². The number of aliphatic hydroxyl groups excluding tert-OH is 1. The van der Waals surface area contributed by atoms with Gasteiger partial charge in [-0.3, -0.25) is 9.59 Å². The summed E-state index contributed by atoms with van der Waals surface area (Å²) in [6.45, 7) is 1.06.